The molecule has 4 N–H and O–H groups in total. The van der Waals surface area contributed by atoms with Gasteiger partial charge >= 0.3 is 0 Å². The molecule has 2 atom stereocenters. The molecule has 0 aromatic carbocycles. The van der Waals surface area contributed by atoms with Crippen LogP contribution in [0.4, 0.5) is 0 Å². The summed E-state index contributed by atoms with van der Waals surface area (Å²) in [6.07, 6.45) is 5.76. The van der Waals surface area contributed by atoms with E-state index in [0.29, 0.717) is 19.1 Å². The number of aliphatic hydroxyl groups excluding tert-OH is 1. The minimum atomic E-state index is -1.11. The van der Waals surface area contributed by atoms with Crippen LogP contribution in [-0.2, 0) is 9.53 Å². The van der Waals surface area contributed by atoms with Crippen molar-refractivity contribution in [3.8, 4) is 0 Å². The van der Waals surface area contributed by atoms with E-state index in [-0.39, 0.29) is 12.4 Å². The highest BCUT2D eigenvalue weighted by Crippen LogP contribution is 2.27. The lowest BCUT2D eigenvalue weighted by Gasteiger charge is -2.26. The molecule has 1 amide bonds. The van der Waals surface area contributed by atoms with Gasteiger partial charge in [-0.1, -0.05) is 32.1 Å². The van der Waals surface area contributed by atoms with Crippen LogP contribution in [0, 0.1) is 5.92 Å². The number of hydrogen-bond donors (Lipinski definition) is 3. The van der Waals surface area contributed by atoms with E-state index < -0.39 is 18.1 Å². The summed E-state index contributed by atoms with van der Waals surface area (Å²) in [4.78, 5) is 11.6. The third kappa shape index (κ3) is 7.11. The van der Waals surface area contributed by atoms with E-state index in [0.717, 1.165) is 6.42 Å². The van der Waals surface area contributed by atoms with Crippen LogP contribution in [0.5, 0.6) is 0 Å². The molecule has 114 valence electrons. The Morgan fingerprint density at radius 3 is 2.63 bits per heavy atom. The van der Waals surface area contributed by atoms with E-state index in [2.05, 4.69) is 5.32 Å². The zero-order valence-electron chi connectivity index (χ0n) is 11.6. The van der Waals surface area contributed by atoms with E-state index in [1.807, 2.05) is 0 Å². The summed E-state index contributed by atoms with van der Waals surface area (Å²) in [5, 5.41) is 12.4. The number of methoxy groups -OCH3 is 1. The van der Waals surface area contributed by atoms with Crippen molar-refractivity contribution in [2.45, 2.75) is 50.7 Å². The lowest BCUT2D eigenvalue weighted by molar-refractivity contribution is -0.130. The van der Waals surface area contributed by atoms with Gasteiger partial charge in [-0.05, 0) is 12.3 Å². The van der Waals surface area contributed by atoms with Crippen LogP contribution < -0.4 is 11.1 Å². The normalized spacial score (nSPS) is 19.3. The Morgan fingerprint density at radius 2 is 2.05 bits per heavy atom. The quantitative estimate of drug-likeness (QED) is 0.607. The highest BCUT2D eigenvalue weighted by Gasteiger charge is 2.26. The Morgan fingerprint density at radius 1 is 1.42 bits per heavy atom. The van der Waals surface area contributed by atoms with Crippen LogP contribution in [-0.4, -0.2) is 43.4 Å². The summed E-state index contributed by atoms with van der Waals surface area (Å²) in [7, 11) is 1.57. The number of carbonyl (C=O) groups is 1. The van der Waals surface area contributed by atoms with Gasteiger partial charge in [0, 0.05) is 19.7 Å². The number of hydrogen-bond acceptors (Lipinski definition) is 4. The minimum Gasteiger partial charge on any atom is -0.383 e. The SMILES string of the molecule is COCCNC(=O)[C@@H](O)[C@H](N)CC1CCCCC1.Cl. The first-order valence-electron chi connectivity index (χ1n) is 6.85. The van der Waals surface area contributed by atoms with Gasteiger partial charge in [0.1, 0.15) is 6.10 Å². The Bertz CT molecular complexity index is 248. The first-order chi connectivity index (χ1) is 8.65. The fourth-order valence-corrected chi connectivity index (χ4v) is 2.51. The maximum atomic E-state index is 11.6. The number of halogens is 1. The Labute approximate surface area is 121 Å². The second-order valence-corrected chi connectivity index (χ2v) is 5.13. The molecule has 0 heterocycles. The third-order valence-electron chi connectivity index (χ3n) is 3.61. The molecule has 0 spiro atoms. The molecule has 0 aromatic heterocycles. The van der Waals surface area contributed by atoms with E-state index in [9.17, 15) is 9.90 Å². The summed E-state index contributed by atoms with van der Waals surface area (Å²) in [6.45, 7) is 0.846. The zero-order chi connectivity index (χ0) is 13.4. The lowest BCUT2D eigenvalue weighted by atomic mass is 9.84. The number of amides is 1. The molecule has 1 saturated carbocycles. The van der Waals surface area contributed by atoms with Gasteiger partial charge in [-0.2, -0.15) is 0 Å². The maximum absolute atomic E-state index is 11.6. The van der Waals surface area contributed by atoms with Crippen molar-refractivity contribution in [1.29, 1.82) is 0 Å². The molecule has 0 unspecified atom stereocenters. The van der Waals surface area contributed by atoms with Crippen LogP contribution in [0.15, 0.2) is 0 Å². The summed E-state index contributed by atoms with van der Waals surface area (Å²) >= 11 is 0. The number of aliphatic hydroxyl groups is 1. The first kappa shape index (κ1) is 18.6. The van der Waals surface area contributed by atoms with Gasteiger partial charge in [0.2, 0.25) is 0 Å². The summed E-state index contributed by atoms with van der Waals surface area (Å²) in [5.74, 6) is 0.172. The molecule has 1 aliphatic rings. The molecule has 0 radical (unpaired) electrons. The van der Waals surface area contributed by atoms with Gasteiger partial charge in [0.05, 0.1) is 6.61 Å². The maximum Gasteiger partial charge on any atom is 0.250 e. The predicted octanol–water partition coefficient (Wildman–Crippen LogP) is 0.829. The van der Waals surface area contributed by atoms with Crippen LogP contribution in [0.2, 0.25) is 0 Å². The Balaban J connectivity index is 0.00000324. The van der Waals surface area contributed by atoms with Gasteiger partial charge in [0.25, 0.3) is 5.91 Å². The molecule has 1 fully saturated rings. The van der Waals surface area contributed by atoms with Crippen molar-refractivity contribution in [3.05, 3.63) is 0 Å². The highest BCUT2D eigenvalue weighted by atomic mass is 35.5. The van der Waals surface area contributed by atoms with Crippen LogP contribution >= 0.6 is 12.4 Å². The van der Waals surface area contributed by atoms with Gasteiger partial charge < -0.3 is 20.9 Å². The number of carbonyl (C=O) groups excluding carboxylic acids is 1. The molecule has 1 aliphatic carbocycles. The molecular formula is C13H27ClN2O3. The van der Waals surface area contributed by atoms with Crippen molar-refractivity contribution in [1.82, 2.24) is 5.32 Å². The first-order valence-corrected chi connectivity index (χ1v) is 6.85. The number of nitrogens with two attached hydrogens (primary N) is 1. The van der Waals surface area contributed by atoms with Crippen LogP contribution in [0.3, 0.4) is 0 Å². The average Bonchev–Trinajstić information content (AvgIpc) is 2.39. The molecule has 0 aliphatic heterocycles. The number of nitrogens with one attached hydrogen (secondary N) is 1. The molecule has 6 heteroatoms. The van der Waals surface area contributed by atoms with Gasteiger partial charge in [-0.3, -0.25) is 4.79 Å². The fourth-order valence-electron chi connectivity index (χ4n) is 2.51. The highest BCUT2D eigenvalue weighted by molar-refractivity contribution is 5.85. The molecular weight excluding hydrogens is 268 g/mol. The summed E-state index contributed by atoms with van der Waals surface area (Å²) in [5.41, 5.74) is 5.91. The molecule has 0 bridgehead atoms. The smallest absolute Gasteiger partial charge is 0.250 e. The van der Waals surface area contributed by atoms with Gasteiger partial charge in [-0.15, -0.1) is 12.4 Å². The van der Waals surface area contributed by atoms with Crippen molar-refractivity contribution < 1.29 is 14.6 Å². The molecule has 0 aromatic rings. The Kier molecular flexibility index (Phi) is 10.2. The molecule has 5 nitrogen and oxygen atoms in total. The largest absolute Gasteiger partial charge is 0.383 e. The van der Waals surface area contributed by atoms with E-state index >= 15 is 0 Å². The standard InChI is InChI=1S/C13H26N2O3.ClH/c1-18-8-7-15-13(17)12(16)11(14)9-10-5-3-2-4-6-10;/h10-12,16H,2-9,14H2,1H3,(H,15,17);1H/t11-,12+;/m1./s1. The van der Waals surface area contributed by atoms with E-state index in [1.165, 1.54) is 32.1 Å². The van der Waals surface area contributed by atoms with Crippen molar-refractivity contribution in [3.63, 3.8) is 0 Å². The summed E-state index contributed by atoms with van der Waals surface area (Å²) in [6, 6.07) is -0.462. The van der Waals surface area contributed by atoms with Gasteiger partial charge in [0.15, 0.2) is 0 Å². The minimum absolute atomic E-state index is 0. The second-order valence-electron chi connectivity index (χ2n) is 5.13. The lowest BCUT2D eigenvalue weighted by Crippen LogP contribution is -2.47. The third-order valence-corrected chi connectivity index (χ3v) is 3.61. The number of rotatable bonds is 7. The molecule has 1 rings (SSSR count). The summed E-state index contributed by atoms with van der Waals surface area (Å²) < 4.78 is 4.83. The predicted molar refractivity (Wildman–Crippen MR) is 77.3 cm³/mol. The zero-order valence-corrected chi connectivity index (χ0v) is 12.5. The topological polar surface area (TPSA) is 84.6 Å². The van der Waals surface area contributed by atoms with E-state index in [1.54, 1.807) is 7.11 Å². The second kappa shape index (κ2) is 10.4. The fraction of sp³-hybridized carbons (Fsp3) is 0.923. The van der Waals surface area contributed by atoms with Crippen molar-refractivity contribution in [2.75, 3.05) is 20.3 Å². The van der Waals surface area contributed by atoms with Crippen LogP contribution in [0.25, 0.3) is 0 Å². The number of ether oxygens (including phenoxy) is 1. The monoisotopic (exact) mass is 294 g/mol. The van der Waals surface area contributed by atoms with Crippen molar-refractivity contribution >= 4 is 18.3 Å². The molecule has 0 saturated heterocycles. The van der Waals surface area contributed by atoms with Crippen LogP contribution in [0.1, 0.15) is 38.5 Å². The van der Waals surface area contributed by atoms with Gasteiger partial charge in [-0.25, -0.2) is 0 Å². The Hall–Kier alpha value is -0.360. The van der Waals surface area contributed by atoms with E-state index in [4.69, 9.17) is 10.5 Å². The molecule has 19 heavy (non-hydrogen) atoms. The average molecular weight is 295 g/mol. The van der Waals surface area contributed by atoms with Crippen molar-refractivity contribution in [2.24, 2.45) is 11.7 Å².